The number of carbonyl (C=O) groups is 1. The number of aromatic nitrogens is 1. The number of nitrogens with zero attached hydrogens (tertiary/aromatic N) is 3. The van der Waals surface area contributed by atoms with Gasteiger partial charge < -0.3 is 4.57 Å². The van der Waals surface area contributed by atoms with Crippen LogP contribution in [0.25, 0.3) is 16.5 Å². The molecule has 0 spiro atoms. The molecule has 1 amide bonds. The van der Waals surface area contributed by atoms with Crippen molar-refractivity contribution in [3.05, 3.63) is 101 Å². The first-order valence-electron chi connectivity index (χ1n) is 9.69. The molecule has 1 heterocycles. The summed E-state index contributed by atoms with van der Waals surface area (Å²) in [6, 6.07) is 21.9. The van der Waals surface area contributed by atoms with Crippen LogP contribution in [0.15, 0.2) is 71.8 Å². The van der Waals surface area contributed by atoms with E-state index in [1.54, 1.807) is 6.21 Å². The van der Waals surface area contributed by atoms with Gasteiger partial charge in [-0.2, -0.15) is 10.4 Å². The molecule has 4 rings (SSSR count). The minimum absolute atomic E-state index is 0.151. The minimum atomic E-state index is -0.763. The molecule has 0 fully saturated rings. The van der Waals surface area contributed by atoms with Gasteiger partial charge in [-0.1, -0.05) is 36.4 Å². The Bertz CT molecular complexity index is 1370. The third-order valence-corrected chi connectivity index (χ3v) is 5.19. The Balaban J connectivity index is 1.60. The van der Waals surface area contributed by atoms with E-state index in [4.69, 9.17) is 5.26 Å². The second-order valence-corrected chi connectivity index (χ2v) is 7.17. The number of nitriles is 1. The van der Waals surface area contributed by atoms with E-state index in [0.717, 1.165) is 39.5 Å². The number of halogens is 1. The fraction of sp³-hybridized carbons (Fsp3) is 0.0800. The van der Waals surface area contributed by atoms with Gasteiger partial charge in [0.25, 0.3) is 5.91 Å². The van der Waals surface area contributed by atoms with E-state index in [9.17, 15) is 9.18 Å². The number of nitrogens with one attached hydrogen (secondary N) is 1. The molecule has 0 saturated heterocycles. The highest BCUT2D eigenvalue weighted by atomic mass is 19.1. The molecule has 3 aromatic carbocycles. The minimum Gasteiger partial charge on any atom is -0.317 e. The number of hydrazone groups is 1. The Morgan fingerprint density at radius 3 is 2.65 bits per heavy atom. The van der Waals surface area contributed by atoms with Crippen LogP contribution in [0.4, 0.5) is 4.39 Å². The Hall–Kier alpha value is -4.24. The second-order valence-electron chi connectivity index (χ2n) is 7.17. The van der Waals surface area contributed by atoms with Crippen LogP contribution >= 0.6 is 0 Å². The van der Waals surface area contributed by atoms with Crippen LogP contribution in [0.2, 0.25) is 0 Å². The number of benzene rings is 3. The number of aryl methyl sites for hydroxylation is 1. The van der Waals surface area contributed by atoms with Crippen molar-refractivity contribution in [3.63, 3.8) is 0 Å². The molecule has 4 aromatic rings. The SMILES string of the molecule is Cc1cc(C=NNC(=O)c2ccc(C#N)cc2F)c(C)n1-c1cccc2ccccc12. The summed E-state index contributed by atoms with van der Waals surface area (Å²) in [5, 5.41) is 15.1. The van der Waals surface area contributed by atoms with E-state index in [0.29, 0.717) is 0 Å². The Labute approximate surface area is 179 Å². The van der Waals surface area contributed by atoms with Crippen molar-refractivity contribution in [3.8, 4) is 11.8 Å². The van der Waals surface area contributed by atoms with Gasteiger partial charge >= 0.3 is 0 Å². The van der Waals surface area contributed by atoms with Gasteiger partial charge in [-0.05, 0) is 49.6 Å². The van der Waals surface area contributed by atoms with Crippen LogP contribution in [0.5, 0.6) is 0 Å². The fourth-order valence-electron chi connectivity index (χ4n) is 3.68. The molecular formula is C25H19FN4O. The Morgan fingerprint density at radius 1 is 1.10 bits per heavy atom. The fourth-order valence-corrected chi connectivity index (χ4v) is 3.68. The topological polar surface area (TPSA) is 70.2 Å². The van der Waals surface area contributed by atoms with Gasteiger partial charge in [-0.3, -0.25) is 4.79 Å². The molecule has 5 nitrogen and oxygen atoms in total. The maximum atomic E-state index is 14.0. The zero-order chi connectivity index (χ0) is 22.0. The van der Waals surface area contributed by atoms with Gasteiger partial charge in [-0.15, -0.1) is 0 Å². The zero-order valence-electron chi connectivity index (χ0n) is 17.1. The van der Waals surface area contributed by atoms with E-state index in [1.807, 2.05) is 44.2 Å². The monoisotopic (exact) mass is 410 g/mol. The zero-order valence-corrected chi connectivity index (χ0v) is 17.1. The highest BCUT2D eigenvalue weighted by Crippen LogP contribution is 2.26. The average molecular weight is 410 g/mol. The summed E-state index contributed by atoms with van der Waals surface area (Å²) in [5.74, 6) is -1.44. The highest BCUT2D eigenvalue weighted by Gasteiger charge is 2.13. The number of fused-ring (bicyclic) bond motifs is 1. The van der Waals surface area contributed by atoms with Crippen molar-refractivity contribution < 1.29 is 9.18 Å². The molecule has 6 heteroatoms. The van der Waals surface area contributed by atoms with Crippen molar-refractivity contribution in [1.82, 2.24) is 9.99 Å². The average Bonchev–Trinajstić information content (AvgIpc) is 3.06. The molecule has 0 radical (unpaired) electrons. The first-order chi connectivity index (χ1) is 15.0. The normalized spacial score (nSPS) is 11.0. The summed E-state index contributed by atoms with van der Waals surface area (Å²) in [6.07, 6.45) is 1.55. The third-order valence-electron chi connectivity index (χ3n) is 5.19. The van der Waals surface area contributed by atoms with E-state index in [2.05, 4.69) is 39.4 Å². The number of rotatable bonds is 4. The molecule has 31 heavy (non-hydrogen) atoms. The summed E-state index contributed by atoms with van der Waals surface area (Å²) in [4.78, 5) is 12.2. The van der Waals surface area contributed by atoms with Crippen molar-refractivity contribution in [2.45, 2.75) is 13.8 Å². The maximum absolute atomic E-state index is 14.0. The first kappa shape index (κ1) is 20.0. The van der Waals surface area contributed by atoms with Gasteiger partial charge in [0.2, 0.25) is 0 Å². The van der Waals surface area contributed by atoms with Crippen LogP contribution < -0.4 is 5.43 Å². The van der Waals surface area contributed by atoms with Crippen LogP contribution in [0.1, 0.15) is 32.9 Å². The molecular weight excluding hydrogens is 391 g/mol. The lowest BCUT2D eigenvalue weighted by Crippen LogP contribution is -2.19. The van der Waals surface area contributed by atoms with E-state index < -0.39 is 11.7 Å². The van der Waals surface area contributed by atoms with Gasteiger partial charge in [-0.25, -0.2) is 9.82 Å². The molecule has 0 bridgehead atoms. The molecule has 1 N–H and O–H groups in total. The summed E-state index contributed by atoms with van der Waals surface area (Å²) in [6.45, 7) is 4.00. The highest BCUT2D eigenvalue weighted by molar-refractivity contribution is 5.95. The van der Waals surface area contributed by atoms with Gasteiger partial charge in [0.05, 0.1) is 29.1 Å². The second kappa shape index (κ2) is 8.25. The van der Waals surface area contributed by atoms with Crippen molar-refractivity contribution >= 4 is 22.9 Å². The summed E-state index contributed by atoms with van der Waals surface area (Å²) in [5.41, 5.74) is 6.23. The van der Waals surface area contributed by atoms with E-state index in [-0.39, 0.29) is 11.1 Å². The smallest absolute Gasteiger partial charge is 0.274 e. The molecule has 0 aliphatic heterocycles. The molecule has 0 unspecified atom stereocenters. The van der Waals surface area contributed by atoms with Crippen molar-refractivity contribution in [2.75, 3.05) is 0 Å². The van der Waals surface area contributed by atoms with E-state index >= 15 is 0 Å². The Morgan fingerprint density at radius 2 is 1.87 bits per heavy atom. The summed E-state index contributed by atoms with van der Waals surface area (Å²) >= 11 is 0. The van der Waals surface area contributed by atoms with Crippen molar-refractivity contribution in [2.24, 2.45) is 5.10 Å². The summed E-state index contributed by atoms with van der Waals surface area (Å²) < 4.78 is 16.2. The molecule has 152 valence electrons. The number of hydrogen-bond donors (Lipinski definition) is 1. The molecule has 1 aromatic heterocycles. The van der Waals surface area contributed by atoms with Gasteiger partial charge in [0.15, 0.2) is 0 Å². The maximum Gasteiger partial charge on any atom is 0.274 e. The predicted octanol–water partition coefficient (Wildman–Crippen LogP) is 5.02. The Kier molecular flexibility index (Phi) is 5.33. The van der Waals surface area contributed by atoms with E-state index in [1.165, 1.54) is 12.1 Å². The lowest BCUT2D eigenvalue weighted by Gasteiger charge is -2.13. The standard InChI is InChI=1S/C25H19FN4O/c1-16-12-20(15-28-29-25(31)22-11-10-18(14-27)13-23(22)26)17(2)30(16)24-9-5-7-19-6-3-4-8-21(19)24/h3-13,15H,1-2H3,(H,29,31). The molecule has 0 atom stereocenters. The predicted molar refractivity (Wildman–Crippen MR) is 119 cm³/mol. The molecule has 0 aliphatic rings. The van der Waals surface area contributed by atoms with Crippen molar-refractivity contribution in [1.29, 1.82) is 5.26 Å². The molecule has 0 saturated carbocycles. The van der Waals surface area contributed by atoms with Crippen LogP contribution in [0, 0.1) is 31.0 Å². The van der Waals surface area contributed by atoms with Gasteiger partial charge in [0, 0.05) is 22.3 Å². The quantitative estimate of drug-likeness (QED) is 0.379. The lowest BCUT2D eigenvalue weighted by atomic mass is 10.1. The van der Waals surface area contributed by atoms with Crippen LogP contribution in [0.3, 0.4) is 0 Å². The van der Waals surface area contributed by atoms with Gasteiger partial charge in [0.1, 0.15) is 5.82 Å². The number of carbonyl (C=O) groups excluding carboxylic acids is 1. The number of amides is 1. The van der Waals surface area contributed by atoms with Crippen LogP contribution in [-0.4, -0.2) is 16.7 Å². The lowest BCUT2D eigenvalue weighted by molar-refractivity contribution is 0.0951. The third kappa shape index (κ3) is 3.81. The molecule has 0 aliphatic carbocycles. The largest absolute Gasteiger partial charge is 0.317 e. The first-order valence-corrected chi connectivity index (χ1v) is 9.69. The number of hydrogen-bond acceptors (Lipinski definition) is 3. The van der Waals surface area contributed by atoms with Crippen LogP contribution in [-0.2, 0) is 0 Å². The summed E-state index contributed by atoms with van der Waals surface area (Å²) in [7, 11) is 0.